The van der Waals surface area contributed by atoms with Crippen molar-refractivity contribution in [2.45, 2.75) is 31.9 Å². The molecule has 1 atom stereocenters. The molecule has 2 heteroatoms. The number of aryl methyl sites for hydroxylation is 1. The molecule has 22 heavy (non-hydrogen) atoms. The molecule has 112 valence electrons. The summed E-state index contributed by atoms with van der Waals surface area (Å²) in [7, 11) is 2.12. The maximum atomic E-state index is 6.61. The van der Waals surface area contributed by atoms with Gasteiger partial charge in [-0.25, -0.2) is 0 Å². The third-order valence-electron chi connectivity index (χ3n) is 5.26. The first-order valence-corrected chi connectivity index (χ1v) is 7.78. The van der Waals surface area contributed by atoms with Crippen molar-refractivity contribution < 1.29 is 4.74 Å². The maximum absolute atomic E-state index is 6.61. The summed E-state index contributed by atoms with van der Waals surface area (Å²) < 4.78 is 6.61. The van der Waals surface area contributed by atoms with Crippen LogP contribution in [0.15, 0.2) is 48.5 Å². The molecule has 2 aliphatic heterocycles. The number of ether oxygens (including phenoxy) is 1. The molecular formula is C20H21NO. The Labute approximate surface area is 132 Å². The Morgan fingerprint density at radius 2 is 1.82 bits per heavy atom. The van der Waals surface area contributed by atoms with E-state index in [4.69, 9.17) is 4.74 Å². The lowest BCUT2D eigenvalue weighted by molar-refractivity contribution is 0.0581. The Morgan fingerprint density at radius 3 is 2.59 bits per heavy atom. The number of hydrogen-bond donors (Lipinski definition) is 0. The third kappa shape index (κ3) is 1.50. The highest BCUT2D eigenvalue weighted by molar-refractivity contribution is 5.72. The molecule has 1 spiro atoms. The second-order valence-corrected chi connectivity index (χ2v) is 6.87. The molecule has 0 radical (unpaired) electrons. The van der Waals surface area contributed by atoms with Gasteiger partial charge >= 0.3 is 0 Å². The maximum Gasteiger partial charge on any atom is 0.211 e. The largest absolute Gasteiger partial charge is 0.463 e. The number of likely N-dealkylation sites (N-methyl/N-ethyl adjacent to an activating group) is 1. The summed E-state index contributed by atoms with van der Waals surface area (Å²) in [5, 5.41) is 0. The summed E-state index contributed by atoms with van der Waals surface area (Å²) in [4.78, 5) is 2.27. The van der Waals surface area contributed by atoms with E-state index in [1.54, 1.807) is 0 Å². The SMILES string of the molecule is Cc1ccc2c(c1)OC1(C=C2)N(C)c2ccccc2C1(C)C. The summed E-state index contributed by atoms with van der Waals surface area (Å²) in [6.45, 7) is 6.63. The zero-order valence-corrected chi connectivity index (χ0v) is 13.6. The second-order valence-electron chi connectivity index (χ2n) is 6.87. The molecular weight excluding hydrogens is 270 g/mol. The van der Waals surface area contributed by atoms with Gasteiger partial charge in [0.2, 0.25) is 5.72 Å². The molecule has 0 aliphatic carbocycles. The predicted octanol–water partition coefficient (Wildman–Crippen LogP) is 4.52. The van der Waals surface area contributed by atoms with E-state index in [0.29, 0.717) is 0 Å². The lowest BCUT2D eigenvalue weighted by Crippen LogP contribution is -2.58. The van der Waals surface area contributed by atoms with E-state index in [1.807, 2.05) is 0 Å². The fraction of sp³-hybridized carbons (Fsp3) is 0.300. The van der Waals surface area contributed by atoms with E-state index in [-0.39, 0.29) is 5.41 Å². The van der Waals surface area contributed by atoms with Gasteiger partial charge in [0.15, 0.2) is 0 Å². The molecule has 0 bridgehead atoms. The zero-order valence-electron chi connectivity index (χ0n) is 13.6. The molecule has 4 rings (SSSR count). The van der Waals surface area contributed by atoms with Crippen molar-refractivity contribution in [3.8, 4) is 5.75 Å². The Kier molecular flexibility index (Phi) is 2.54. The number of para-hydroxylation sites is 1. The van der Waals surface area contributed by atoms with E-state index >= 15 is 0 Å². The first-order valence-electron chi connectivity index (χ1n) is 7.78. The lowest BCUT2D eigenvalue weighted by atomic mass is 9.76. The van der Waals surface area contributed by atoms with E-state index in [2.05, 4.69) is 87.3 Å². The van der Waals surface area contributed by atoms with Crippen LogP contribution in [0.25, 0.3) is 6.08 Å². The average molecular weight is 291 g/mol. The van der Waals surface area contributed by atoms with Gasteiger partial charge in [-0.1, -0.05) is 30.3 Å². The molecule has 2 nitrogen and oxygen atoms in total. The third-order valence-corrected chi connectivity index (χ3v) is 5.26. The van der Waals surface area contributed by atoms with Crippen LogP contribution < -0.4 is 9.64 Å². The molecule has 0 saturated heterocycles. The summed E-state index contributed by atoms with van der Waals surface area (Å²) in [5.41, 5.74) is 4.34. The summed E-state index contributed by atoms with van der Waals surface area (Å²) in [6, 6.07) is 15.0. The van der Waals surface area contributed by atoms with Crippen molar-refractivity contribution in [1.29, 1.82) is 0 Å². The molecule has 0 saturated carbocycles. The van der Waals surface area contributed by atoms with Crippen LogP contribution in [-0.4, -0.2) is 12.8 Å². The second kappa shape index (κ2) is 4.16. The Morgan fingerprint density at radius 1 is 1.05 bits per heavy atom. The molecule has 2 aromatic carbocycles. The highest BCUT2D eigenvalue weighted by Crippen LogP contribution is 2.54. The molecule has 0 amide bonds. The Hall–Kier alpha value is -2.22. The number of benzene rings is 2. The van der Waals surface area contributed by atoms with Gasteiger partial charge in [0, 0.05) is 18.3 Å². The number of anilines is 1. The number of hydrogen-bond acceptors (Lipinski definition) is 2. The van der Waals surface area contributed by atoms with Crippen LogP contribution in [0, 0.1) is 6.92 Å². The minimum absolute atomic E-state index is 0.129. The molecule has 1 unspecified atom stereocenters. The minimum Gasteiger partial charge on any atom is -0.463 e. The van der Waals surface area contributed by atoms with Gasteiger partial charge in [-0.15, -0.1) is 0 Å². The van der Waals surface area contributed by atoms with Crippen LogP contribution in [0.1, 0.15) is 30.5 Å². The highest BCUT2D eigenvalue weighted by atomic mass is 16.5. The van der Waals surface area contributed by atoms with Gasteiger partial charge in [0.1, 0.15) is 5.75 Å². The van der Waals surface area contributed by atoms with Crippen molar-refractivity contribution in [3.05, 3.63) is 65.2 Å². The van der Waals surface area contributed by atoms with E-state index in [0.717, 1.165) is 11.3 Å². The van der Waals surface area contributed by atoms with Crippen molar-refractivity contribution in [2.24, 2.45) is 0 Å². The van der Waals surface area contributed by atoms with Crippen LogP contribution in [-0.2, 0) is 5.41 Å². The van der Waals surface area contributed by atoms with Gasteiger partial charge in [0.25, 0.3) is 0 Å². The molecule has 0 aromatic heterocycles. The van der Waals surface area contributed by atoms with Gasteiger partial charge in [0.05, 0.1) is 5.41 Å². The van der Waals surface area contributed by atoms with Crippen molar-refractivity contribution in [3.63, 3.8) is 0 Å². The number of nitrogens with zero attached hydrogens (tertiary/aromatic N) is 1. The van der Waals surface area contributed by atoms with Crippen LogP contribution in [0.3, 0.4) is 0 Å². The first-order chi connectivity index (χ1) is 10.5. The number of rotatable bonds is 0. The van der Waals surface area contributed by atoms with Crippen molar-refractivity contribution >= 4 is 11.8 Å². The number of fused-ring (bicyclic) bond motifs is 2. The predicted molar refractivity (Wildman–Crippen MR) is 91.4 cm³/mol. The Balaban J connectivity index is 1.91. The fourth-order valence-electron chi connectivity index (χ4n) is 3.87. The smallest absolute Gasteiger partial charge is 0.211 e. The summed E-state index contributed by atoms with van der Waals surface area (Å²) >= 11 is 0. The normalized spacial score (nSPS) is 24.1. The van der Waals surface area contributed by atoms with Gasteiger partial charge in [-0.05, 0) is 56.2 Å². The molecule has 0 fully saturated rings. The molecule has 0 N–H and O–H groups in total. The summed E-state index contributed by atoms with van der Waals surface area (Å²) in [6.07, 6.45) is 4.41. The monoisotopic (exact) mass is 291 g/mol. The first kappa shape index (κ1) is 13.4. The van der Waals surface area contributed by atoms with Gasteiger partial charge in [-0.3, -0.25) is 0 Å². The Bertz CT molecular complexity index is 790. The van der Waals surface area contributed by atoms with E-state index in [9.17, 15) is 0 Å². The standard InChI is InChI=1S/C20H21NO/c1-14-9-10-15-11-12-20(22-18(15)13-14)19(2,3)16-7-5-6-8-17(16)21(20)4/h5-13H,1-4H3. The highest BCUT2D eigenvalue weighted by Gasteiger charge is 2.57. The van der Waals surface area contributed by atoms with Crippen molar-refractivity contribution in [2.75, 3.05) is 11.9 Å². The van der Waals surface area contributed by atoms with Gasteiger partial charge in [-0.2, -0.15) is 0 Å². The van der Waals surface area contributed by atoms with Crippen LogP contribution >= 0.6 is 0 Å². The fourth-order valence-corrected chi connectivity index (χ4v) is 3.87. The molecule has 2 aliphatic rings. The minimum atomic E-state index is -0.475. The van der Waals surface area contributed by atoms with E-state index < -0.39 is 5.72 Å². The van der Waals surface area contributed by atoms with Crippen molar-refractivity contribution in [1.82, 2.24) is 0 Å². The zero-order chi connectivity index (χ0) is 15.5. The molecule has 2 heterocycles. The van der Waals surface area contributed by atoms with Crippen LogP contribution in [0.4, 0.5) is 5.69 Å². The quantitative estimate of drug-likeness (QED) is 0.707. The lowest BCUT2D eigenvalue weighted by Gasteiger charge is -2.45. The van der Waals surface area contributed by atoms with Gasteiger partial charge < -0.3 is 9.64 Å². The van der Waals surface area contributed by atoms with Crippen LogP contribution in [0.2, 0.25) is 0 Å². The average Bonchev–Trinajstić information content (AvgIpc) is 2.67. The molecule has 2 aromatic rings. The van der Waals surface area contributed by atoms with Crippen LogP contribution in [0.5, 0.6) is 5.75 Å². The van der Waals surface area contributed by atoms with E-state index in [1.165, 1.54) is 16.8 Å². The topological polar surface area (TPSA) is 12.5 Å². The summed E-state index contributed by atoms with van der Waals surface area (Å²) in [5.74, 6) is 0.968.